The van der Waals surface area contributed by atoms with Crippen LogP contribution in [0.4, 0.5) is 0 Å². The number of hydrogen-bond donors (Lipinski definition) is 2. The van der Waals surface area contributed by atoms with Gasteiger partial charge in [-0.2, -0.15) is 0 Å². The number of carbonyl (C=O) groups is 1. The molecule has 5 nitrogen and oxygen atoms in total. The topological polar surface area (TPSA) is 75.8 Å². The number of methoxy groups -OCH3 is 1. The Morgan fingerprint density at radius 1 is 1.50 bits per heavy atom. The Labute approximate surface area is 120 Å². The lowest BCUT2D eigenvalue weighted by molar-refractivity contribution is -0.132. The van der Waals surface area contributed by atoms with E-state index in [4.69, 9.17) is 10.5 Å². The second-order valence-electron chi connectivity index (χ2n) is 5.11. The number of benzene rings is 1. The number of ether oxygens (including phenoxy) is 1. The van der Waals surface area contributed by atoms with Gasteiger partial charge in [-0.1, -0.05) is 26.3 Å². The molecule has 1 unspecified atom stereocenters. The summed E-state index contributed by atoms with van der Waals surface area (Å²) in [5, 5.41) is 9.55. The van der Waals surface area contributed by atoms with E-state index in [9.17, 15) is 9.90 Å². The molecule has 0 saturated heterocycles. The first-order valence-electron chi connectivity index (χ1n) is 6.77. The molecule has 5 heteroatoms. The second-order valence-corrected chi connectivity index (χ2v) is 5.11. The fraction of sp³-hybridized carbons (Fsp3) is 0.533. The summed E-state index contributed by atoms with van der Waals surface area (Å²) in [4.78, 5) is 13.8. The van der Waals surface area contributed by atoms with Gasteiger partial charge in [-0.3, -0.25) is 4.79 Å². The average molecular weight is 280 g/mol. The SMILES string of the molecule is CCC(C)[C@H](N)C(=O)N(C)Cc1ccc(O)c(OC)c1. The zero-order valence-corrected chi connectivity index (χ0v) is 12.6. The predicted octanol–water partition coefficient (Wildman–Crippen LogP) is 1.73. The van der Waals surface area contributed by atoms with E-state index in [0.717, 1.165) is 12.0 Å². The Morgan fingerprint density at radius 3 is 2.70 bits per heavy atom. The van der Waals surface area contributed by atoms with Gasteiger partial charge in [-0.05, 0) is 23.6 Å². The van der Waals surface area contributed by atoms with Gasteiger partial charge in [0.15, 0.2) is 11.5 Å². The standard InChI is InChI=1S/C15H24N2O3/c1-5-10(2)14(16)15(19)17(3)9-11-6-7-12(18)13(8-11)20-4/h6-8,10,14,18H,5,9,16H2,1-4H3/t10?,14-/m0/s1. The van der Waals surface area contributed by atoms with Crippen molar-refractivity contribution in [3.63, 3.8) is 0 Å². The molecular weight excluding hydrogens is 256 g/mol. The summed E-state index contributed by atoms with van der Waals surface area (Å²) in [5.41, 5.74) is 6.83. The molecule has 0 bridgehead atoms. The van der Waals surface area contributed by atoms with E-state index in [2.05, 4.69) is 0 Å². The number of phenols is 1. The van der Waals surface area contributed by atoms with Crippen LogP contribution in [0.3, 0.4) is 0 Å². The van der Waals surface area contributed by atoms with E-state index in [0.29, 0.717) is 12.3 Å². The van der Waals surface area contributed by atoms with Crippen LogP contribution < -0.4 is 10.5 Å². The van der Waals surface area contributed by atoms with Crippen LogP contribution in [0.5, 0.6) is 11.5 Å². The minimum Gasteiger partial charge on any atom is -0.504 e. The van der Waals surface area contributed by atoms with Gasteiger partial charge < -0.3 is 20.5 Å². The normalized spacial score (nSPS) is 13.7. The highest BCUT2D eigenvalue weighted by molar-refractivity contribution is 5.81. The van der Waals surface area contributed by atoms with E-state index >= 15 is 0 Å². The Bertz CT molecular complexity index is 462. The van der Waals surface area contributed by atoms with Gasteiger partial charge >= 0.3 is 0 Å². The van der Waals surface area contributed by atoms with Crippen LogP contribution >= 0.6 is 0 Å². The van der Waals surface area contributed by atoms with Crippen molar-refractivity contribution in [2.75, 3.05) is 14.2 Å². The molecule has 0 aliphatic rings. The maximum atomic E-state index is 12.2. The van der Waals surface area contributed by atoms with Gasteiger partial charge in [0.2, 0.25) is 5.91 Å². The Balaban J connectivity index is 2.75. The van der Waals surface area contributed by atoms with E-state index < -0.39 is 6.04 Å². The van der Waals surface area contributed by atoms with Gasteiger partial charge in [0, 0.05) is 13.6 Å². The van der Waals surface area contributed by atoms with Crippen molar-refractivity contribution in [3.05, 3.63) is 23.8 Å². The Morgan fingerprint density at radius 2 is 2.15 bits per heavy atom. The summed E-state index contributed by atoms with van der Waals surface area (Å²) in [7, 11) is 3.22. The maximum Gasteiger partial charge on any atom is 0.239 e. The zero-order valence-electron chi connectivity index (χ0n) is 12.6. The molecule has 1 aromatic carbocycles. The van der Waals surface area contributed by atoms with Crippen LogP contribution in [0.1, 0.15) is 25.8 Å². The predicted molar refractivity (Wildman–Crippen MR) is 78.6 cm³/mol. The molecule has 3 N–H and O–H groups in total. The summed E-state index contributed by atoms with van der Waals surface area (Å²) < 4.78 is 5.05. The number of aromatic hydroxyl groups is 1. The van der Waals surface area contributed by atoms with Crippen LogP contribution in [0.15, 0.2) is 18.2 Å². The highest BCUT2D eigenvalue weighted by Gasteiger charge is 2.22. The number of carbonyl (C=O) groups excluding carboxylic acids is 1. The lowest BCUT2D eigenvalue weighted by Crippen LogP contribution is -2.45. The largest absolute Gasteiger partial charge is 0.504 e. The third-order valence-electron chi connectivity index (χ3n) is 3.58. The third kappa shape index (κ3) is 3.87. The molecule has 0 saturated carbocycles. The maximum absolute atomic E-state index is 12.2. The summed E-state index contributed by atoms with van der Waals surface area (Å²) in [6, 6.07) is 4.55. The fourth-order valence-corrected chi connectivity index (χ4v) is 1.92. The smallest absolute Gasteiger partial charge is 0.239 e. The van der Waals surface area contributed by atoms with Crippen molar-refractivity contribution < 1.29 is 14.6 Å². The fourth-order valence-electron chi connectivity index (χ4n) is 1.92. The number of phenolic OH excluding ortho intramolecular Hbond substituents is 1. The highest BCUT2D eigenvalue weighted by atomic mass is 16.5. The minimum absolute atomic E-state index is 0.0774. The highest BCUT2D eigenvalue weighted by Crippen LogP contribution is 2.26. The van der Waals surface area contributed by atoms with Crippen molar-refractivity contribution >= 4 is 5.91 Å². The Kier molecular flexibility index (Phi) is 5.82. The molecule has 0 aliphatic carbocycles. The van der Waals surface area contributed by atoms with Crippen molar-refractivity contribution in [3.8, 4) is 11.5 Å². The third-order valence-corrected chi connectivity index (χ3v) is 3.58. The molecule has 2 atom stereocenters. The molecular formula is C15H24N2O3. The Hall–Kier alpha value is -1.75. The number of likely N-dealkylation sites (N-methyl/N-ethyl adjacent to an activating group) is 1. The molecule has 1 amide bonds. The molecule has 0 spiro atoms. The van der Waals surface area contributed by atoms with E-state index in [1.54, 1.807) is 30.1 Å². The quantitative estimate of drug-likeness (QED) is 0.832. The zero-order chi connectivity index (χ0) is 15.3. The van der Waals surface area contributed by atoms with Gasteiger partial charge in [0.1, 0.15) is 0 Å². The van der Waals surface area contributed by atoms with Crippen LogP contribution in [0.25, 0.3) is 0 Å². The lowest BCUT2D eigenvalue weighted by atomic mass is 9.99. The molecule has 1 rings (SSSR count). The van der Waals surface area contributed by atoms with Gasteiger partial charge in [0.05, 0.1) is 13.2 Å². The van der Waals surface area contributed by atoms with Crippen molar-refractivity contribution in [2.45, 2.75) is 32.9 Å². The molecule has 1 aromatic rings. The lowest BCUT2D eigenvalue weighted by Gasteiger charge is -2.24. The van der Waals surface area contributed by atoms with Gasteiger partial charge in [0.25, 0.3) is 0 Å². The van der Waals surface area contributed by atoms with Crippen LogP contribution in [-0.2, 0) is 11.3 Å². The van der Waals surface area contributed by atoms with Crippen molar-refractivity contribution in [2.24, 2.45) is 11.7 Å². The van der Waals surface area contributed by atoms with Crippen molar-refractivity contribution in [1.29, 1.82) is 0 Å². The van der Waals surface area contributed by atoms with Crippen LogP contribution in [0, 0.1) is 5.92 Å². The average Bonchev–Trinajstić information content (AvgIpc) is 2.46. The van der Waals surface area contributed by atoms with E-state index in [1.165, 1.54) is 7.11 Å². The summed E-state index contributed by atoms with van der Waals surface area (Å²) >= 11 is 0. The summed E-state index contributed by atoms with van der Waals surface area (Å²) in [6.07, 6.45) is 0.869. The molecule has 0 fully saturated rings. The molecule has 20 heavy (non-hydrogen) atoms. The number of rotatable bonds is 6. The first-order valence-corrected chi connectivity index (χ1v) is 6.77. The minimum atomic E-state index is -0.482. The molecule has 0 aliphatic heterocycles. The first kappa shape index (κ1) is 16.3. The van der Waals surface area contributed by atoms with Crippen molar-refractivity contribution in [1.82, 2.24) is 4.90 Å². The van der Waals surface area contributed by atoms with Crippen LogP contribution in [-0.4, -0.2) is 36.1 Å². The molecule has 0 radical (unpaired) electrons. The second kappa shape index (κ2) is 7.14. The van der Waals surface area contributed by atoms with Gasteiger partial charge in [-0.15, -0.1) is 0 Å². The number of hydrogen-bond acceptors (Lipinski definition) is 4. The van der Waals surface area contributed by atoms with Crippen LogP contribution in [0.2, 0.25) is 0 Å². The number of amides is 1. The van der Waals surface area contributed by atoms with E-state index in [-0.39, 0.29) is 17.6 Å². The monoisotopic (exact) mass is 280 g/mol. The number of nitrogens with zero attached hydrogens (tertiary/aromatic N) is 1. The molecule has 0 heterocycles. The molecule has 112 valence electrons. The summed E-state index contributed by atoms with van der Waals surface area (Å²) in [5.74, 6) is 0.557. The van der Waals surface area contributed by atoms with E-state index in [1.807, 2.05) is 13.8 Å². The molecule has 0 aromatic heterocycles. The summed E-state index contributed by atoms with van der Waals surface area (Å²) in [6.45, 7) is 4.42. The number of nitrogens with two attached hydrogens (primary N) is 1. The first-order chi connectivity index (χ1) is 9.40. The van der Waals surface area contributed by atoms with Gasteiger partial charge in [-0.25, -0.2) is 0 Å².